The van der Waals surface area contributed by atoms with E-state index in [0.29, 0.717) is 65.6 Å². The molecule has 62 heavy (non-hydrogen) atoms. The second-order valence-corrected chi connectivity index (χ2v) is 16.2. The summed E-state index contributed by atoms with van der Waals surface area (Å²) in [6, 6.07) is 9.41. The van der Waals surface area contributed by atoms with Crippen LogP contribution in [0.25, 0.3) is 10.6 Å². The lowest BCUT2D eigenvalue weighted by atomic mass is 10.00. The van der Waals surface area contributed by atoms with Crippen LogP contribution in [-0.4, -0.2) is 101 Å². The summed E-state index contributed by atoms with van der Waals surface area (Å²) in [6.45, 7) is 6.47. The largest absolute Gasteiger partial charge is 0.493 e. The van der Waals surface area contributed by atoms with Crippen LogP contribution < -0.4 is 25.0 Å². The van der Waals surface area contributed by atoms with E-state index >= 15 is 0 Å². The van der Waals surface area contributed by atoms with Gasteiger partial charge in [-0.25, -0.2) is 14.5 Å². The van der Waals surface area contributed by atoms with Gasteiger partial charge in [0.05, 0.1) is 59.2 Å². The van der Waals surface area contributed by atoms with Gasteiger partial charge in [-0.15, -0.1) is 11.3 Å². The van der Waals surface area contributed by atoms with Gasteiger partial charge in [-0.1, -0.05) is 12.7 Å². The van der Waals surface area contributed by atoms with E-state index < -0.39 is 36.5 Å². The Morgan fingerprint density at radius 1 is 1.05 bits per heavy atom. The quantitative estimate of drug-likeness (QED) is 0.0802. The average Bonchev–Trinajstić information content (AvgIpc) is 3.83. The van der Waals surface area contributed by atoms with E-state index in [1.54, 1.807) is 66.0 Å². The van der Waals surface area contributed by atoms with Gasteiger partial charge in [0, 0.05) is 38.9 Å². The van der Waals surface area contributed by atoms with E-state index in [-0.39, 0.29) is 59.1 Å². The Hall–Kier alpha value is -6.24. The van der Waals surface area contributed by atoms with Crippen LogP contribution >= 0.6 is 11.3 Å². The van der Waals surface area contributed by atoms with Crippen molar-refractivity contribution >= 4 is 58.2 Å². The molecule has 3 aliphatic heterocycles. The molecule has 328 valence electrons. The van der Waals surface area contributed by atoms with Gasteiger partial charge < -0.3 is 48.9 Å². The topological polar surface area (TPSA) is 200 Å². The Labute approximate surface area is 362 Å². The number of aromatic nitrogens is 2. The molecule has 3 atom stereocenters. The molecule has 2 unspecified atom stereocenters. The minimum Gasteiger partial charge on any atom is -0.493 e. The van der Waals surface area contributed by atoms with Crippen LogP contribution in [0.1, 0.15) is 87.4 Å². The number of nitrogens with zero attached hydrogens (tertiary/aromatic N) is 4. The SMILES string of the molecule is C=CCOC(=O)N1c2cc(OCCCC(=O)Nc3cc(C(=O)Nc4ccc(-c5cc(C)c(C(=O)O)s5)nc4)n(C)c3)c(OC)cc2C(=O)N2CCCC[C@H]2C1OC1CCCCO1. The van der Waals surface area contributed by atoms with Gasteiger partial charge >= 0.3 is 12.1 Å². The molecule has 0 spiro atoms. The molecule has 1 aromatic carbocycles. The summed E-state index contributed by atoms with van der Waals surface area (Å²) in [5.41, 5.74) is 2.86. The highest BCUT2D eigenvalue weighted by molar-refractivity contribution is 7.17. The highest BCUT2D eigenvalue weighted by Gasteiger charge is 2.47. The fraction of sp³-hybridized carbons (Fsp3) is 0.409. The number of benzene rings is 1. The van der Waals surface area contributed by atoms with Crippen molar-refractivity contribution in [1.29, 1.82) is 0 Å². The van der Waals surface area contributed by atoms with Gasteiger partial charge in [0.25, 0.3) is 11.8 Å². The van der Waals surface area contributed by atoms with Crippen molar-refractivity contribution in [3.05, 3.63) is 83.1 Å². The molecule has 3 aliphatic rings. The predicted octanol–water partition coefficient (Wildman–Crippen LogP) is 7.22. The maximum absolute atomic E-state index is 14.2. The predicted molar refractivity (Wildman–Crippen MR) is 230 cm³/mol. The fourth-order valence-electron chi connectivity index (χ4n) is 7.82. The first kappa shape index (κ1) is 43.8. The first-order chi connectivity index (χ1) is 29.9. The van der Waals surface area contributed by atoms with Crippen LogP contribution in [0, 0.1) is 6.92 Å². The van der Waals surface area contributed by atoms with Crippen molar-refractivity contribution in [2.45, 2.75) is 76.9 Å². The summed E-state index contributed by atoms with van der Waals surface area (Å²) >= 11 is 1.13. The molecule has 0 bridgehead atoms. The minimum absolute atomic E-state index is 0.0539. The number of amides is 4. The average molecular weight is 871 g/mol. The number of anilines is 3. The summed E-state index contributed by atoms with van der Waals surface area (Å²) in [6.07, 6.45) is 7.52. The van der Waals surface area contributed by atoms with E-state index in [9.17, 15) is 29.1 Å². The Morgan fingerprint density at radius 3 is 2.58 bits per heavy atom. The zero-order valence-corrected chi connectivity index (χ0v) is 35.7. The number of aromatic carboxylic acids is 1. The van der Waals surface area contributed by atoms with Gasteiger partial charge in [-0.05, 0) is 87.8 Å². The van der Waals surface area contributed by atoms with Crippen LogP contribution in [0.15, 0.2) is 61.4 Å². The lowest BCUT2D eigenvalue weighted by Crippen LogP contribution is -2.57. The van der Waals surface area contributed by atoms with E-state index in [0.717, 1.165) is 37.0 Å². The third-order valence-electron chi connectivity index (χ3n) is 10.8. The number of nitrogens with one attached hydrogen (secondary N) is 2. The maximum Gasteiger partial charge on any atom is 0.416 e. The van der Waals surface area contributed by atoms with Crippen molar-refractivity contribution in [1.82, 2.24) is 14.5 Å². The molecule has 18 heteroatoms. The zero-order valence-electron chi connectivity index (χ0n) is 34.8. The third-order valence-corrected chi connectivity index (χ3v) is 12.1. The molecule has 4 amide bonds. The van der Waals surface area contributed by atoms with Crippen LogP contribution in [0.5, 0.6) is 11.5 Å². The second kappa shape index (κ2) is 19.6. The number of thiophene rings is 1. The Kier molecular flexibility index (Phi) is 13.9. The van der Waals surface area contributed by atoms with Crippen LogP contribution in [0.3, 0.4) is 0 Å². The monoisotopic (exact) mass is 870 g/mol. The molecule has 3 aromatic heterocycles. The van der Waals surface area contributed by atoms with Gasteiger partial charge in [0.1, 0.15) is 17.2 Å². The Balaban J connectivity index is 0.998. The molecule has 6 heterocycles. The molecule has 0 aliphatic carbocycles. The molecule has 2 fully saturated rings. The maximum atomic E-state index is 14.2. The standard InChI is InChI=1S/C44H50N6O11S/c1-5-17-60-44(56)50-32-23-35(34(57-4)22-29(32)41(53)49-16-8-6-11-31(49)42(50)61-38-13-7-9-18-59-38)58-19-10-12-37(51)46-28-21-33(48(3)25-28)40(52)47-27-14-15-30(45-24-27)36-20-26(2)39(62-36)43(54)55/h5,14-15,20-25,31,38,42H,1,6-13,16-19H2,2-4H3,(H,46,51)(H,47,52)(H,54,55)/t31-,38?,42?/m0/s1. The molecule has 4 aromatic rings. The summed E-state index contributed by atoms with van der Waals surface area (Å²) in [5.74, 6) is -1.45. The molecule has 17 nitrogen and oxygen atoms in total. The van der Waals surface area contributed by atoms with Crippen LogP contribution in [0.2, 0.25) is 0 Å². The van der Waals surface area contributed by atoms with Gasteiger partial charge in [-0.3, -0.25) is 19.4 Å². The normalized spacial score (nSPS) is 18.5. The van der Waals surface area contributed by atoms with E-state index in [2.05, 4.69) is 22.2 Å². The number of carboxylic acid groups (broad SMARTS) is 1. The van der Waals surface area contributed by atoms with Crippen molar-refractivity contribution in [2.24, 2.45) is 7.05 Å². The molecule has 2 saturated heterocycles. The molecular formula is C44H50N6O11S. The summed E-state index contributed by atoms with van der Waals surface area (Å²) in [4.78, 5) is 74.4. The first-order valence-corrected chi connectivity index (χ1v) is 21.3. The fourth-order valence-corrected chi connectivity index (χ4v) is 8.80. The number of pyridine rings is 1. The molecule has 3 N–H and O–H groups in total. The number of carboxylic acids is 1. The number of aryl methyl sites for hydroxylation is 2. The van der Waals surface area contributed by atoms with Crippen molar-refractivity contribution in [3.63, 3.8) is 0 Å². The molecule has 7 rings (SSSR count). The highest BCUT2D eigenvalue weighted by Crippen LogP contribution is 2.42. The van der Waals surface area contributed by atoms with Crippen molar-refractivity contribution < 1.29 is 52.8 Å². The van der Waals surface area contributed by atoms with Gasteiger partial charge in [-0.2, -0.15) is 0 Å². The number of hydrogen-bond donors (Lipinski definition) is 3. The Bertz CT molecular complexity index is 2320. The van der Waals surface area contributed by atoms with E-state index in [1.165, 1.54) is 24.3 Å². The lowest BCUT2D eigenvalue weighted by Gasteiger charge is -2.42. The number of piperidine rings is 1. The van der Waals surface area contributed by atoms with Gasteiger partial charge in [0.2, 0.25) is 5.91 Å². The van der Waals surface area contributed by atoms with Crippen molar-refractivity contribution in [3.8, 4) is 22.1 Å². The summed E-state index contributed by atoms with van der Waals surface area (Å²) in [5, 5.41) is 15.0. The second-order valence-electron chi connectivity index (χ2n) is 15.2. The van der Waals surface area contributed by atoms with Gasteiger partial charge in [0.15, 0.2) is 24.0 Å². The minimum atomic E-state index is -0.992. The lowest BCUT2D eigenvalue weighted by molar-refractivity contribution is -0.198. The first-order valence-electron chi connectivity index (χ1n) is 20.5. The number of ether oxygens (including phenoxy) is 5. The number of carbonyl (C=O) groups excluding carboxylic acids is 4. The third kappa shape index (κ3) is 9.77. The number of rotatable bonds is 15. The molecule has 0 saturated carbocycles. The molecule has 0 radical (unpaired) electrons. The van der Waals surface area contributed by atoms with E-state index in [1.807, 2.05) is 0 Å². The molecular weight excluding hydrogens is 821 g/mol. The smallest absolute Gasteiger partial charge is 0.416 e. The number of fused-ring (bicyclic) bond motifs is 2. The van der Waals surface area contributed by atoms with E-state index in [4.69, 9.17) is 23.7 Å². The van der Waals surface area contributed by atoms with Crippen molar-refractivity contribution in [2.75, 3.05) is 49.0 Å². The summed E-state index contributed by atoms with van der Waals surface area (Å²) < 4.78 is 31.5. The van der Waals surface area contributed by atoms with Crippen LogP contribution in [0.4, 0.5) is 21.9 Å². The number of carbonyl (C=O) groups is 5. The summed E-state index contributed by atoms with van der Waals surface area (Å²) in [7, 11) is 3.15. The number of methoxy groups -OCH3 is 1. The van der Waals surface area contributed by atoms with Crippen LogP contribution in [-0.2, 0) is 26.1 Å². The highest BCUT2D eigenvalue weighted by atomic mass is 32.1. The number of hydrogen-bond acceptors (Lipinski definition) is 12. The Morgan fingerprint density at radius 2 is 1.87 bits per heavy atom. The zero-order chi connectivity index (χ0) is 43.9.